The molecule has 0 radical (unpaired) electrons. The van der Waals surface area contributed by atoms with Crippen molar-refractivity contribution < 1.29 is 33.3 Å². The first kappa shape index (κ1) is 28.6. The Morgan fingerprint density at radius 3 is 2.14 bits per heavy atom. The number of hydrogen-bond acceptors (Lipinski definition) is 7. The van der Waals surface area contributed by atoms with Crippen molar-refractivity contribution in [3.8, 4) is 11.5 Å². The normalized spacial score (nSPS) is 26.4. The van der Waals surface area contributed by atoms with Gasteiger partial charge in [-0.3, -0.25) is 0 Å². The zero-order valence-electron chi connectivity index (χ0n) is 22.3. The van der Waals surface area contributed by atoms with Crippen LogP contribution in [0.25, 0.3) is 0 Å². The summed E-state index contributed by atoms with van der Waals surface area (Å²) in [5.41, 5.74) is -0.211. The van der Waals surface area contributed by atoms with Crippen LogP contribution in [0.15, 0.2) is 54.6 Å². The first-order valence-corrected chi connectivity index (χ1v) is 14.7. The summed E-state index contributed by atoms with van der Waals surface area (Å²) in [6.45, 7) is 10.8. The molecule has 1 fully saturated rings. The fraction of sp³-hybridized carbons (Fsp3) is 0.571. The predicted molar refractivity (Wildman–Crippen MR) is 142 cm³/mol. The molecule has 0 unspecified atom stereocenters. The topological polar surface area (TPSA) is 86.6 Å². The maximum atomic E-state index is 11.3. The Balaban J connectivity index is 1.79. The van der Waals surface area contributed by atoms with Crippen molar-refractivity contribution in [1.29, 1.82) is 0 Å². The molecule has 2 N–H and O–H groups in total. The van der Waals surface area contributed by atoms with E-state index in [1.54, 1.807) is 14.0 Å². The Labute approximate surface area is 216 Å². The molecule has 1 aliphatic rings. The first-order chi connectivity index (χ1) is 17.1. The third-order valence-electron chi connectivity index (χ3n) is 6.82. The Kier molecular flexibility index (Phi) is 9.97. The molecular formula is C28H42O7Si. The van der Waals surface area contributed by atoms with Crippen molar-refractivity contribution in [2.75, 3.05) is 20.3 Å². The molecule has 36 heavy (non-hydrogen) atoms. The molecule has 1 heterocycles. The lowest BCUT2D eigenvalue weighted by atomic mass is 9.89. The van der Waals surface area contributed by atoms with Gasteiger partial charge < -0.3 is 33.3 Å². The molecule has 7 nitrogen and oxygen atoms in total. The number of methoxy groups -OCH3 is 1. The number of hydrogen-bond donors (Lipinski definition) is 2. The van der Waals surface area contributed by atoms with Crippen LogP contribution in [-0.4, -0.2) is 63.0 Å². The van der Waals surface area contributed by atoms with Crippen molar-refractivity contribution in [3.05, 3.63) is 60.2 Å². The van der Waals surface area contributed by atoms with Crippen LogP contribution < -0.4 is 9.47 Å². The number of rotatable bonds is 10. The monoisotopic (exact) mass is 518 g/mol. The second-order valence-electron chi connectivity index (χ2n) is 10.4. The summed E-state index contributed by atoms with van der Waals surface area (Å²) >= 11 is 0. The van der Waals surface area contributed by atoms with Gasteiger partial charge >= 0.3 is 8.56 Å². The SMILES string of the molecule is COc1ccc(OC[C@@H]2C[C@@](C)(O)[C@@H](O)[C@H](COCc3ccccc3)O[Si](C(C)C)(C(C)C)O2)cc1. The fourth-order valence-electron chi connectivity index (χ4n) is 4.77. The maximum absolute atomic E-state index is 11.3. The van der Waals surface area contributed by atoms with Crippen LogP contribution in [0, 0.1) is 0 Å². The molecule has 4 atom stereocenters. The minimum absolute atomic E-state index is 0.104. The molecule has 3 rings (SSSR count). The Bertz CT molecular complexity index is 909. The maximum Gasteiger partial charge on any atom is 0.344 e. The molecule has 0 amide bonds. The predicted octanol–water partition coefficient (Wildman–Crippen LogP) is 4.84. The highest BCUT2D eigenvalue weighted by Crippen LogP contribution is 2.41. The van der Waals surface area contributed by atoms with Gasteiger partial charge in [-0.1, -0.05) is 58.0 Å². The van der Waals surface area contributed by atoms with Crippen LogP contribution >= 0.6 is 0 Å². The van der Waals surface area contributed by atoms with E-state index in [0.717, 1.165) is 11.3 Å². The summed E-state index contributed by atoms with van der Waals surface area (Å²) in [5, 5.41) is 22.6. The zero-order valence-corrected chi connectivity index (χ0v) is 23.3. The Morgan fingerprint density at radius 2 is 1.56 bits per heavy atom. The van der Waals surface area contributed by atoms with E-state index >= 15 is 0 Å². The number of aliphatic hydroxyl groups excluding tert-OH is 1. The average Bonchev–Trinajstić information content (AvgIpc) is 2.85. The molecule has 0 saturated carbocycles. The zero-order chi connectivity index (χ0) is 26.3. The summed E-state index contributed by atoms with van der Waals surface area (Å²) in [7, 11) is -1.27. The van der Waals surface area contributed by atoms with E-state index in [1.165, 1.54) is 0 Å². The minimum atomic E-state index is -2.88. The third-order valence-corrected chi connectivity index (χ3v) is 11.4. The number of ether oxygens (including phenoxy) is 3. The Hall–Kier alpha value is -1.94. The summed E-state index contributed by atoms with van der Waals surface area (Å²) < 4.78 is 30.7. The van der Waals surface area contributed by atoms with Crippen LogP contribution in [0.3, 0.4) is 0 Å². The largest absolute Gasteiger partial charge is 0.497 e. The highest BCUT2D eigenvalue weighted by molar-refractivity contribution is 6.70. The minimum Gasteiger partial charge on any atom is -0.497 e. The smallest absolute Gasteiger partial charge is 0.344 e. The molecule has 0 spiro atoms. The summed E-state index contributed by atoms with van der Waals surface area (Å²) in [6, 6.07) is 17.2. The summed E-state index contributed by atoms with van der Waals surface area (Å²) in [5.74, 6) is 1.42. The van der Waals surface area contributed by atoms with Crippen molar-refractivity contribution in [3.63, 3.8) is 0 Å². The fourth-order valence-corrected chi connectivity index (χ4v) is 8.59. The molecular weight excluding hydrogens is 476 g/mol. The van der Waals surface area contributed by atoms with Crippen molar-refractivity contribution in [2.45, 2.75) is 82.6 Å². The quantitative estimate of drug-likeness (QED) is 0.435. The van der Waals surface area contributed by atoms with Crippen LogP contribution in [0.4, 0.5) is 0 Å². The number of benzene rings is 2. The van der Waals surface area contributed by atoms with E-state index in [2.05, 4.69) is 27.7 Å². The molecule has 1 saturated heterocycles. The molecule has 0 bridgehead atoms. The van der Waals surface area contributed by atoms with Gasteiger partial charge in [0.25, 0.3) is 0 Å². The molecule has 1 aliphatic heterocycles. The molecule has 2 aromatic rings. The Morgan fingerprint density at radius 1 is 0.944 bits per heavy atom. The number of aliphatic hydroxyl groups is 2. The van der Waals surface area contributed by atoms with Gasteiger partial charge in [-0.15, -0.1) is 0 Å². The van der Waals surface area contributed by atoms with Gasteiger partial charge in [0, 0.05) is 6.42 Å². The lowest BCUT2D eigenvalue weighted by Gasteiger charge is -2.48. The van der Waals surface area contributed by atoms with E-state index in [1.807, 2.05) is 54.6 Å². The van der Waals surface area contributed by atoms with Crippen LogP contribution in [-0.2, 0) is 20.2 Å². The van der Waals surface area contributed by atoms with Gasteiger partial charge in [0.2, 0.25) is 0 Å². The van der Waals surface area contributed by atoms with Gasteiger partial charge in [-0.05, 0) is 47.8 Å². The first-order valence-electron chi connectivity index (χ1n) is 12.7. The third kappa shape index (κ3) is 7.09. The highest BCUT2D eigenvalue weighted by Gasteiger charge is 2.54. The van der Waals surface area contributed by atoms with E-state index in [-0.39, 0.29) is 30.7 Å². The molecule has 8 heteroatoms. The highest BCUT2D eigenvalue weighted by atomic mass is 28.4. The van der Waals surface area contributed by atoms with Gasteiger partial charge in [0.15, 0.2) is 0 Å². The van der Waals surface area contributed by atoms with Crippen LogP contribution in [0.1, 0.15) is 46.6 Å². The lowest BCUT2D eigenvalue weighted by molar-refractivity contribution is -0.165. The molecule has 200 valence electrons. The second kappa shape index (κ2) is 12.5. The van der Waals surface area contributed by atoms with Crippen molar-refractivity contribution in [1.82, 2.24) is 0 Å². The van der Waals surface area contributed by atoms with E-state index in [0.29, 0.717) is 12.4 Å². The second-order valence-corrected chi connectivity index (χ2v) is 14.6. The van der Waals surface area contributed by atoms with E-state index in [4.69, 9.17) is 23.1 Å². The standard InChI is InChI=1S/C28H42O7Si/c1-20(2)36(21(3)4)34-25(18-33-24-14-12-23(31-6)13-15-24)16-28(5,30)27(29)26(35-36)19-32-17-22-10-8-7-9-11-22/h7-15,20-21,25-27,29-30H,16-19H2,1-6H3/t25-,26-,27-,28+/m0/s1. The van der Waals surface area contributed by atoms with E-state index < -0.39 is 32.5 Å². The average molecular weight is 519 g/mol. The van der Waals surface area contributed by atoms with Crippen LogP contribution in [0.5, 0.6) is 11.5 Å². The van der Waals surface area contributed by atoms with Crippen molar-refractivity contribution >= 4 is 8.56 Å². The lowest BCUT2D eigenvalue weighted by Crippen LogP contribution is -2.63. The molecule has 0 aromatic heterocycles. The van der Waals surface area contributed by atoms with E-state index in [9.17, 15) is 10.2 Å². The van der Waals surface area contributed by atoms with Gasteiger partial charge in [-0.25, -0.2) is 0 Å². The van der Waals surface area contributed by atoms with Gasteiger partial charge in [0.1, 0.15) is 24.2 Å². The van der Waals surface area contributed by atoms with Crippen LogP contribution in [0.2, 0.25) is 11.1 Å². The molecule has 0 aliphatic carbocycles. The molecule has 2 aromatic carbocycles. The summed E-state index contributed by atoms with van der Waals surface area (Å²) in [6.07, 6.45) is -2.12. The summed E-state index contributed by atoms with van der Waals surface area (Å²) in [4.78, 5) is 0. The van der Waals surface area contributed by atoms with Gasteiger partial charge in [0.05, 0.1) is 38.1 Å². The van der Waals surface area contributed by atoms with Crippen molar-refractivity contribution in [2.24, 2.45) is 0 Å². The van der Waals surface area contributed by atoms with Gasteiger partial charge in [-0.2, -0.15) is 0 Å².